The first-order valence-corrected chi connectivity index (χ1v) is 12.3. The third kappa shape index (κ3) is 5.16. The predicted octanol–water partition coefficient (Wildman–Crippen LogP) is 4.72. The van der Waals surface area contributed by atoms with Crippen molar-refractivity contribution in [1.29, 1.82) is 0 Å². The van der Waals surface area contributed by atoms with Crippen molar-refractivity contribution in [3.05, 3.63) is 87.4 Å². The van der Waals surface area contributed by atoms with Gasteiger partial charge in [0.1, 0.15) is 33.1 Å². The van der Waals surface area contributed by atoms with E-state index in [0.29, 0.717) is 22.3 Å². The van der Waals surface area contributed by atoms with Crippen LogP contribution in [0.4, 0.5) is 30.9 Å². The van der Waals surface area contributed by atoms with Crippen molar-refractivity contribution in [3.63, 3.8) is 0 Å². The number of anilines is 3. The highest BCUT2D eigenvalue weighted by molar-refractivity contribution is 6.32. The zero-order valence-electron chi connectivity index (χ0n) is 20.6. The van der Waals surface area contributed by atoms with Gasteiger partial charge in [0.2, 0.25) is 0 Å². The summed E-state index contributed by atoms with van der Waals surface area (Å²) >= 11 is 12.1. The maximum Gasteiger partial charge on any atom is 0.414 e. The van der Waals surface area contributed by atoms with Crippen LogP contribution in [0, 0.1) is 11.6 Å². The van der Waals surface area contributed by atoms with Crippen LogP contribution in [0.1, 0.15) is 16.8 Å². The standard InChI is InChI=1S/C25H19Cl2F2N9O2/c1-40-25(39)37(11-13-6-7-18(26)33-21(13)27)20-22(30)34-24(35-23(20)31)38-17-9-14(28)10-32-19(17)16(36-38)8-12-4-2-3-5-15(12)29/h2-7,9-10H,8,11H2,1H3,(H4,30,31,34,35). The molecule has 0 fully saturated rings. The molecule has 5 rings (SSSR count). The lowest BCUT2D eigenvalue weighted by molar-refractivity contribution is 0.178. The molecule has 11 nitrogen and oxygen atoms in total. The number of nitrogens with two attached hydrogens (primary N) is 2. The van der Waals surface area contributed by atoms with Gasteiger partial charge in [0.15, 0.2) is 11.6 Å². The van der Waals surface area contributed by atoms with Crippen molar-refractivity contribution >= 4 is 57.7 Å². The molecule has 15 heteroatoms. The molecule has 0 atom stereocenters. The summed E-state index contributed by atoms with van der Waals surface area (Å²) in [5.74, 6) is -1.63. The number of hydrogen-bond acceptors (Lipinski definition) is 9. The molecule has 4 N–H and O–H groups in total. The number of amides is 1. The summed E-state index contributed by atoms with van der Waals surface area (Å²) in [5.41, 5.74) is 14.1. The van der Waals surface area contributed by atoms with Crippen LogP contribution in [0.3, 0.4) is 0 Å². The minimum absolute atomic E-state index is 0.0519. The van der Waals surface area contributed by atoms with Crippen LogP contribution in [0.15, 0.2) is 48.7 Å². The van der Waals surface area contributed by atoms with Gasteiger partial charge in [-0.25, -0.2) is 23.5 Å². The van der Waals surface area contributed by atoms with Crippen LogP contribution < -0.4 is 16.4 Å². The monoisotopic (exact) mass is 585 g/mol. The molecular weight excluding hydrogens is 567 g/mol. The summed E-state index contributed by atoms with van der Waals surface area (Å²) in [5, 5.41) is 4.69. The van der Waals surface area contributed by atoms with Gasteiger partial charge >= 0.3 is 6.09 Å². The first-order valence-electron chi connectivity index (χ1n) is 11.5. The van der Waals surface area contributed by atoms with E-state index in [0.717, 1.165) is 11.1 Å². The van der Waals surface area contributed by atoms with E-state index in [1.807, 2.05) is 0 Å². The van der Waals surface area contributed by atoms with E-state index < -0.39 is 17.7 Å². The zero-order valence-corrected chi connectivity index (χ0v) is 22.2. The highest BCUT2D eigenvalue weighted by Gasteiger charge is 2.27. The molecule has 1 aromatic carbocycles. The molecule has 0 unspecified atom stereocenters. The quantitative estimate of drug-likeness (QED) is 0.270. The number of rotatable bonds is 6. The molecule has 4 heterocycles. The fourth-order valence-corrected chi connectivity index (χ4v) is 4.46. The van der Waals surface area contributed by atoms with Gasteiger partial charge < -0.3 is 16.2 Å². The number of pyridine rings is 2. The Morgan fingerprint density at radius 2 is 1.77 bits per heavy atom. The van der Waals surface area contributed by atoms with Gasteiger partial charge in [0.05, 0.1) is 31.1 Å². The number of hydrogen-bond donors (Lipinski definition) is 2. The highest BCUT2D eigenvalue weighted by Crippen LogP contribution is 2.32. The smallest absolute Gasteiger partial charge is 0.414 e. The molecule has 40 heavy (non-hydrogen) atoms. The molecule has 0 radical (unpaired) electrons. The number of aromatic nitrogens is 6. The topological polar surface area (TPSA) is 151 Å². The van der Waals surface area contributed by atoms with Crippen molar-refractivity contribution in [3.8, 4) is 5.95 Å². The molecule has 0 aliphatic rings. The summed E-state index contributed by atoms with van der Waals surface area (Å²) in [7, 11) is 1.17. The van der Waals surface area contributed by atoms with Crippen molar-refractivity contribution in [1.82, 2.24) is 29.7 Å². The number of ether oxygens (including phenoxy) is 1. The van der Waals surface area contributed by atoms with Gasteiger partial charge in [0, 0.05) is 18.1 Å². The van der Waals surface area contributed by atoms with Crippen molar-refractivity contribution in [2.24, 2.45) is 0 Å². The summed E-state index contributed by atoms with van der Waals surface area (Å²) in [4.78, 5) is 30.5. The van der Waals surface area contributed by atoms with Crippen LogP contribution in [-0.4, -0.2) is 42.9 Å². The van der Waals surface area contributed by atoms with Gasteiger partial charge in [-0.1, -0.05) is 47.5 Å². The number of benzene rings is 1. The molecule has 4 aromatic heterocycles. The Morgan fingerprint density at radius 3 is 2.45 bits per heavy atom. The van der Waals surface area contributed by atoms with Gasteiger partial charge in [-0.3, -0.25) is 4.90 Å². The molecule has 0 saturated heterocycles. The van der Waals surface area contributed by atoms with Crippen LogP contribution in [-0.2, 0) is 17.7 Å². The largest absolute Gasteiger partial charge is 0.452 e. The lowest BCUT2D eigenvalue weighted by Gasteiger charge is -2.24. The summed E-state index contributed by atoms with van der Waals surface area (Å²) in [6.45, 7) is -0.153. The zero-order chi connectivity index (χ0) is 28.6. The number of carbonyl (C=O) groups excluding carboxylic acids is 1. The normalized spacial score (nSPS) is 11.1. The molecule has 5 aromatic rings. The van der Waals surface area contributed by atoms with Crippen LogP contribution >= 0.6 is 23.2 Å². The Bertz CT molecular complexity index is 1740. The predicted molar refractivity (Wildman–Crippen MR) is 145 cm³/mol. The molecule has 0 aliphatic carbocycles. The average Bonchev–Trinajstić information content (AvgIpc) is 3.27. The average molecular weight is 586 g/mol. The fourth-order valence-electron chi connectivity index (χ4n) is 4.05. The highest BCUT2D eigenvalue weighted by atomic mass is 35.5. The van der Waals surface area contributed by atoms with E-state index in [1.165, 1.54) is 30.0 Å². The first-order chi connectivity index (χ1) is 19.2. The van der Waals surface area contributed by atoms with E-state index >= 15 is 0 Å². The van der Waals surface area contributed by atoms with Crippen LogP contribution in [0.5, 0.6) is 0 Å². The molecule has 0 spiro atoms. The summed E-state index contributed by atoms with van der Waals surface area (Å²) in [6.07, 6.45) is 0.254. The van der Waals surface area contributed by atoms with E-state index in [9.17, 15) is 13.6 Å². The molecule has 0 saturated carbocycles. The Kier molecular flexibility index (Phi) is 7.32. The van der Waals surface area contributed by atoms with E-state index in [-0.39, 0.29) is 52.1 Å². The van der Waals surface area contributed by atoms with Crippen molar-refractivity contribution < 1.29 is 18.3 Å². The number of methoxy groups -OCH3 is 1. The molecule has 0 bridgehead atoms. The Balaban J connectivity index is 1.59. The number of halogens is 4. The minimum Gasteiger partial charge on any atom is -0.452 e. The van der Waals surface area contributed by atoms with Crippen molar-refractivity contribution in [2.45, 2.75) is 13.0 Å². The summed E-state index contributed by atoms with van der Waals surface area (Å²) in [6, 6.07) is 10.4. The van der Waals surface area contributed by atoms with E-state index in [1.54, 1.807) is 24.3 Å². The number of nitrogen functional groups attached to an aromatic ring is 2. The number of fused-ring (bicyclic) bond motifs is 1. The van der Waals surface area contributed by atoms with Gasteiger partial charge in [-0.2, -0.15) is 19.7 Å². The molecule has 0 aliphatic heterocycles. The fraction of sp³-hybridized carbons (Fsp3) is 0.120. The second kappa shape index (κ2) is 10.9. The van der Waals surface area contributed by atoms with Crippen molar-refractivity contribution in [2.75, 3.05) is 23.5 Å². The SMILES string of the molecule is COC(=O)N(Cc1ccc(Cl)nc1Cl)c1c(N)nc(-n2nc(Cc3ccccc3F)c3ncc(F)cc32)nc1N. The second-order valence-corrected chi connectivity index (χ2v) is 9.18. The maximum absolute atomic E-state index is 14.4. The maximum atomic E-state index is 14.4. The molecule has 1 amide bonds. The Labute approximate surface area is 235 Å². The third-order valence-electron chi connectivity index (χ3n) is 5.87. The molecule has 204 valence electrons. The van der Waals surface area contributed by atoms with Gasteiger partial charge in [0.25, 0.3) is 5.95 Å². The second-order valence-electron chi connectivity index (χ2n) is 8.43. The Morgan fingerprint density at radius 1 is 1.05 bits per heavy atom. The van der Waals surface area contributed by atoms with Gasteiger partial charge in [-0.05, 0) is 17.7 Å². The third-order valence-corrected chi connectivity index (χ3v) is 6.41. The number of carbonyl (C=O) groups is 1. The first kappa shape index (κ1) is 27.0. The van der Waals surface area contributed by atoms with E-state index in [2.05, 4.69) is 25.0 Å². The van der Waals surface area contributed by atoms with E-state index in [4.69, 9.17) is 39.4 Å². The Hall–Kier alpha value is -4.62. The lowest BCUT2D eigenvalue weighted by Crippen LogP contribution is -2.32. The van der Waals surface area contributed by atoms with Crippen LogP contribution in [0.25, 0.3) is 17.0 Å². The minimum atomic E-state index is -0.830. The van der Waals surface area contributed by atoms with Gasteiger partial charge in [-0.15, -0.1) is 0 Å². The number of nitrogens with zero attached hydrogens (tertiary/aromatic N) is 7. The molecular formula is C25H19Cl2F2N9O2. The lowest BCUT2D eigenvalue weighted by atomic mass is 10.1. The summed E-state index contributed by atoms with van der Waals surface area (Å²) < 4.78 is 34.7. The van der Waals surface area contributed by atoms with Crippen LogP contribution in [0.2, 0.25) is 10.3 Å².